The van der Waals surface area contributed by atoms with Crippen molar-refractivity contribution in [3.63, 3.8) is 0 Å². The van der Waals surface area contributed by atoms with Crippen LogP contribution in [0.1, 0.15) is 56.8 Å². The van der Waals surface area contributed by atoms with Gasteiger partial charge in [-0.15, -0.1) is 0 Å². The Morgan fingerprint density at radius 2 is 1.92 bits per heavy atom. The SMILES string of the molecule is CC1(C)[C@H]2CC[C@]1(C)/C(=N/NC(=O)CCNC(=O)c1ccc(Br)cc1)C2. The Morgan fingerprint density at radius 3 is 2.50 bits per heavy atom. The Kier molecular flexibility index (Phi) is 5.24. The van der Waals surface area contributed by atoms with Gasteiger partial charge in [0.15, 0.2) is 0 Å². The fraction of sp³-hybridized carbons (Fsp3) is 0.550. The minimum atomic E-state index is -0.182. The van der Waals surface area contributed by atoms with Gasteiger partial charge in [-0.3, -0.25) is 9.59 Å². The van der Waals surface area contributed by atoms with Gasteiger partial charge in [-0.25, -0.2) is 5.43 Å². The standard InChI is InChI=1S/C20H26BrN3O2/c1-19(2)14-8-10-20(19,3)16(12-14)23-24-17(25)9-11-22-18(26)13-4-6-15(21)7-5-13/h4-7,14H,8-12H2,1-3H3,(H,22,26)(H,24,25)/b23-16+/t14-,20+/m0/s1. The number of benzene rings is 1. The molecule has 2 atom stereocenters. The molecule has 1 aromatic rings. The number of nitrogens with zero attached hydrogens (tertiary/aromatic N) is 1. The first-order valence-electron chi connectivity index (χ1n) is 9.14. The van der Waals surface area contributed by atoms with Crippen molar-refractivity contribution in [2.24, 2.45) is 21.8 Å². The topological polar surface area (TPSA) is 70.6 Å². The molecule has 2 bridgehead atoms. The van der Waals surface area contributed by atoms with E-state index in [2.05, 4.69) is 52.5 Å². The molecule has 0 aromatic heterocycles. The molecule has 2 aliphatic carbocycles. The Bertz CT molecular complexity index is 742. The van der Waals surface area contributed by atoms with Gasteiger partial charge in [0, 0.05) is 34.1 Å². The zero-order chi connectivity index (χ0) is 18.9. The minimum Gasteiger partial charge on any atom is -0.352 e. The van der Waals surface area contributed by atoms with E-state index < -0.39 is 0 Å². The summed E-state index contributed by atoms with van der Waals surface area (Å²) < 4.78 is 0.921. The molecule has 2 aliphatic rings. The number of halogens is 1. The summed E-state index contributed by atoms with van der Waals surface area (Å²) in [4.78, 5) is 24.1. The number of amides is 2. The highest BCUT2D eigenvalue weighted by Gasteiger charge is 2.59. The molecule has 1 aromatic carbocycles. The van der Waals surface area contributed by atoms with Crippen molar-refractivity contribution in [2.75, 3.05) is 6.54 Å². The highest BCUT2D eigenvalue weighted by atomic mass is 79.9. The number of hydrogen-bond donors (Lipinski definition) is 2. The summed E-state index contributed by atoms with van der Waals surface area (Å²) >= 11 is 3.34. The van der Waals surface area contributed by atoms with Crippen molar-refractivity contribution in [1.29, 1.82) is 0 Å². The van der Waals surface area contributed by atoms with Crippen molar-refractivity contribution in [3.05, 3.63) is 34.3 Å². The van der Waals surface area contributed by atoms with Crippen LogP contribution in [-0.2, 0) is 4.79 Å². The summed E-state index contributed by atoms with van der Waals surface area (Å²) in [5.74, 6) is 0.310. The van der Waals surface area contributed by atoms with Gasteiger partial charge in [-0.1, -0.05) is 36.7 Å². The maximum Gasteiger partial charge on any atom is 0.251 e. The lowest BCUT2D eigenvalue weighted by Gasteiger charge is -2.34. The highest BCUT2D eigenvalue weighted by molar-refractivity contribution is 9.10. The van der Waals surface area contributed by atoms with E-state index >= 15 is 0 Å². The first-order valence-corrected chi connectivity index (χ1v) is 9.93. The summed E-state index contributed by atoms with van der Waals surface area (Å²) in [6, 6.07) is 7.11. The Balaban J connectivity index is 1.47. The second-order valence-corrected chi connectivity index (χ2v) is 9.02. The molecule has 140 valence electrons. The zero-order valence-corrected chi connectivity index (χ0v) is 17.1. The second-order valence-electron chi connectivity index (χ2n) is 8.10. The summed E-state index contributed by atoms with van der Waals surface area (Å²) in [6.45, 7) is 7.18. The largest absolute Gasteiger partial charge is 0.352 e. The van der Waals surface area contributed by atoms with E-state index in [1.54, 1.807) is 12.1 Å². The predicted molar refractivity (Wildman–Crippen MR) is 106 cm³/mol. The minimum absolute atomic E-state index is 0.0841. The highest BCUT2D eigenvalue weighted by Crippen LogP contribution is 2.63. The van der Waals surface area contributed by atoms with Gasteiger partial charge in [-0.2, -0.15) is 5.10 Å². The molecule has 0 heterocycles. The molecule has 5 nitrogen and oxygen atoms in total. The lowest BCUT2D eigenvalue weighted by atomic mass is 9.70. The van der Waals surface area contributed by atoms with Crippen LogP contribution in [-0.4, -0.2) is 24.1 Å². The summed E-state index contributed by atoms with van der Waals surface area (Å²) in [5.41, 5.74) is 4.71. The van der Waals surface area contributed by atoms with Gasteiger partial charge in [0.2, 0.25) is 5.91 Å². The van der Waals surface area contributed by atoms with E-state index in [4.69, 9.17) is 0 Å². The molecule has 2 fully saturated rings. The van der Waals surface area contributed by atoms with Crippen LogP contribution in [0.4, 0.5) is 0 Å². The normalized spacial score (nSPS) is 27.5. The number of nitrogens with one attached hydrogen (secondary N) is 2. The van der Waals surface area contributed by atoms with Crippen LogP contribution in [0.3, 0.4) is 0 Å². The van der Waals surface area contributed by atoms with Gasteiger partial charge in [0.1, 0.15) is 0 Å². The third-order valence-corrected chi connectivity index (χ3v) is 7.10. The van der Waals surface area contributed by atoms with Crippen LogP contribution in [0.15, 0.2) is 33.8 Å². The van der Waals surface area contributed by atoms with E-state index in [9.17, 15) is 9.59 Å². The summed E-state index contributed by atoms with van der Waals surface area (Å²) in [7, 11) is 0. The summed E-state index contributed by atoms with van der Waals surface area (Å²) in [6.07, 6.45) is 3.58. The quantitative estimate of drug-likeness (QED) is 0.710. The van der Waals surface area contributed by atoms with E-state index in [0.29, 0.717) is 11.5 Å². The summed E-state index contributed by atoms with van der Waals surface area (Å²) in [5, 5.41) is 7.20. The molecule has 0 saturated heterocycles. The molecule has 6 heteroatoms. The van der Waals surface area contributed by atoms with Crippen LogP contribution in [0.2, 0.25) is 0 Å². The molecule has 2 amide bonds. The first-order chi connectivity index (χ1) is 12.2. The third-order valence-electron chi connectivity index (χ3n) is 6.57. The Morgan fingerprint density at radius 1 is 1.23 bits per heavy atom. The van der Waals surface area contributed by atoms with Crippen molar-refractivity contribution in [1.82, 2.24) is 10.7 Å². The number of hydrazone groups is 1. The van der Waals surface area contributed by atoms with Gasteiger partial charge in [0.25, 0.3) is 5.91 Å². The van der Waals surface area contributed by atoms with Gasteiger partial charge in [-0.05, 0) is 54.9 Å². The van der Waals surface area contributed by atoms with Crippen molar-refractivity contribution >= 4 is 33.5 Å². The van der Waals surface area contributed by atoms with Crippen LogP contribution >= 0.6 is 15.9 Å². The molecule has 0 aliphatic heterocycles. The first kappa shape index (κ1) is 19.1. The lowest BCUT2D eigenvalue weighted by molar-refractivity contribution is -0.120. The molecular formula is C20H26BrN3O2. The van der Waals surface area contributed by atoms with Crippen LogP contribution in [0.25, 0.3) is 0 Å². The number of carbonyl (C=O) groups excluding carboxylic acids is 2. The number of hydrogen-bond acceptors (Lipinski definition) is 3. The van der Waals surface area contributed by atoms with E-state index in [0.717, 1.165) is 23.0 Å². The number of fused-ring (bicyclic) bond motifs is 2. The van der Waals surface area contributed by atoms with Crippen LogP contribution in [0.5, 0.6) is 0 Å². The maximum absolute atomic E-state index is 12.1. The van der Waals surface area contributed by atoms with E-state index in [1.807, 2.05) is 12.1 Å². The van der Waals surface area contributed by atoms with Crippen molar-refractivity contribution < 1.29 is 9.59 Å². The average Bonchev–Trinajstić information content (AvgIpc) is 2.93. The van der Waals surface area contributed by atoms with Crippen LogP contribution < -0.4 is 10.7 Å². The zero-order valence-electron chi connectivity index (χ0n) is 15.6. The van der Waals surface area contributed by atoms with Crippen LogP contribution in [0, 0.1) is 16.7 Å². The Labute approximate surface area is 163 Å². The molecule has 2 saturated carbocycles. The van der Waals surface area contributed by atoms with E-state index in [-0.39, 0.29) is 35.6 Å². The Hall–Kier alpha value is -1.69. The monoisotopic (exact) mass is 419 g/mol. The lowest BCUT2D eigenvalue weighted by Crippen LogP contribution is -2.34. The fourth-order valence-corrected chi connectivity index (χ4v) is 4.54. The molecule has 0 spiro atoms. The molecule has 3 rings (SSSR count). The number of carbonyl (C=O) groups is 2. The smallest absolute Gasteiger partial charge is 0.251 e. The van der Waals surface area contributed by atoms with Crippen molar-refractivity contribution in [3.8, 4) is 0 Å². The van der Waals surface area contributed by atoms with Gasteiger partial charge in [0.05, 0.1) is 0 Å². The number of rotatable bonds is 5. The van der Waals surface area contributed by atoms with Gasteiger partial charge < -0.3 is 5.32 Å². The fourth-order valence-electron chi connectivity index (χ4n) is 4.28. The molecular weight excluding hydrogens is 394 g/mol. The molecule has 26 heavy (non-hydrogen) atoms. The van der Waals surface area contributed by atoms with E-state index in [1.165, 1.54) is 6.42 Å². The average molecular weight is 420 g/mol. The molecule has 2 N–H and O–H groups in total. The second kappa shape index (κ2) is 7.14. The van der Waals surface area contributed by atoms with Gasteiger partial charge >= 0.3 is 0 Å². The maximum atomic E-state index is 12.1. The predicted octanol–water partition coefficient (Wildman–Crippen LogP) is 3.89. The third kappa shape index (κ3) is 3.43. The molecule has 0 unspecified atom stereocenters. The molecule has 0 radical (unpaired) electrons. The van der Waals surface area contributed by atoms with Crippen molar-refractivity contribution in [2.45, 2.75) is 46.5 Å².